The Kier molecular flexibility index (Phi) is 7.96. The Morgan fingerprint density at radius 1 is 1.05 bits per heavy atom. The highest BCUT2D eigenvalue weighted by molar-refractivity contribution is 5.79. The molecule has 0 unspecified atom stereocenters. The summed E-state index contributed by atoms with van der Waals surface area (Å²) in [5.41, 5.74) is 13.4. The summed E-state index contributed by atoms with van der Waals surface area (Å²) in [6.07, 6.45) is 3.32. The van der Waals surface area contributed by atoms with Crippen LogP contribution in [-0.2, 0) is 16.1 Å². The highest BCUT2D eigenvalue weighted by Gasteiger charge is 2.32. The van der Waals surface area contributed by atoms with Gasteiger partial charge >= 0.3 is 0 Å². The van der Waals surface area contributed by atoms with E-state index in [1.54, 1.807) is 7.11 Å². The number of rotatable bonds is 10. The Morgan fingerprint density at radius 3 is 2.48 bits per heavy atom. The van der Waals surface area contributed by atoms with Crippen molar-refractivity contribution in [2.75, 3.05) is 33.4 Å². The minimum absolute atomic E-state index is 0.0369. The molecular weight excluding hydrogens is 498 g/mol. The number of methoxy groups -OCH3 is 1. The SMILES string of the molecule is COCCCn1c([C@@H]2CCCN(C(=O)C[C@@H](CN)NC3c4ccccc4-c4ccccc43)C2)nc2ccccc21. The highest BCUT2D eigenvalue weighted by atomic mass is 16.5. The van der Waals surface area contributed by atoms with Crippen LogP contribution in [0.15, 0.2) is 72.8 Å². The fourth-order valence-corrected chi connectivity index (χ4v) is 6.54. The highest BCUT2D eigenvalue weighted by Crippen LogP contribution is 2.43. The van der Waals surface area contributed by atoms with Crippen LogP contribution in [0.1, 0.15) is 54.6 Å². The molecule has 2 atom stereocenters. The minimum atomic E-state index is -0.115. The Balaban J connectivity index is 1.17. The topological polar surface area (TPSA) is 85.4 Å². The van der Waals surface area contributed by atoms with Gasteiger partial charge in [-0.1, -0.05) is 60.7 Å². The van der Waals surface area contributed by atoms with E-state index in [9.17, 15) is 4.79 Å². The number of imidazole rings is 1. The maximum Gasteiger partial charge on any atom is 0.224 e. The minimum Gasteiger partial charge on any atom is -0.385 e. The first-order valence-corrected chi connectivity index (χ1v) is 14.5. The number of para-hydroxylation sites is 2. The van der Waals surface area contributed by atoms with Gasteiger partial charge in [-0.2, -0.15) is 0 Å². The molecule has 0 bridgehead atoms. The van der Waals surface area contributed by atoms with Crippen molar-refractivity contribution in [2.45, 2.75) is 50.2 Å². The van der Waals surface area contributed by atoms with E-state index < -0.39 is 0 Å². The molecule has 4 aromatic rings. The van der Waals surface area contributed by atoms with Gasteiger partial charge in [0.05, 0.1) is 17.1 Å². The number of hydrogen-bond donors (Lipinski definition) is 2. The number of nitrogens with zero attached hydrogens (tertiary/aromatic N) is 3. The fourth-order valence-electron chi connectivity index (χ4n) is 6.54. The molecule has 3 aromatic carbocycles. The molecule has 1 fully saturated rings. The van der Waals surface area contributed by atoms with Crippen molar-refractivity contribution < 1.29 is 9.53 Å². The zero-order valence-electron chi connectivity index (χ0n) is 23.3. The maximum atomic E-state index is 13.7. The Labute approximate surface area is 236 Å². The van der Waals surface area contributed by atoms with E-state index in [0.717, 1.165) is 49.2 Å². The van der Waals surface area contributed by atoms with Crippen molar-refractivity contribution in [1.29, 1.82) is 0 Å². The van der Waals surface area contributed by atoms with Crippen LogP contribution < -0.4 is 11.1 Å². The van der Waals surface area contributed by atoms with Crippen LogP contribution in [0.25, 0.3) is 22.2 Å². The van der Waals surface area contributed by atoms with E-state index in [1.807, 2.05) is 11.0 Å². The van der Waals surface area contributed by atoms with Crippen LogP contribution in [0.2, 0.25) is 0 Å². The molecule has 2 heterocycles. The van der Waals surface area contributed by atoms with E-state index in [0.29, 0.717) is 26.1 Å². The lowest BCUT2D eigenvalue weighted by Crippen LogP contribution is -2.46. The molecule has 1 amide bonds. The predicted molar refractivity (Wildman–Crippen MR) is 159 cm³/mol. The quantitative estimate of drug-likeness (QED) is 0.282. The largest absolute Gasteiger partial charge is 0.385 e. The molecule has 1 aliphatic heterocycles. The Bertz CT molecular complexity index is 1440. The third-order valence-corrected chi connectivity index (χ3v) is 8.50. The van der Waals surface area contributed by atoms with E-state index in [4.69, 9.17) is 15.5 Å². The van der Waals surface area contributed by atoms with Crippen LogP contribution >= 0.6 is 0 Å². The Hall–Kier alpha value is -3.52. The summed E-state index contributed by atoms with van der Waals surface area (Å²) >= 11 is 0. The molecule has 1 aliphatic carbocycles. The number of piperidine rings is 1. The lowest BCUT2D eigenvalue weighted by atomic mass is 9.96. The first-order chi connectivity index (χ1) is 19.7. The molecule has 1 aromatic heterocycles. The van der Waals surface area contributed by atoms with Crippen molar-refractivity contribution in [2.24, 2.45) is 5.73 Å². The molecule has 0 saturated carbocycles. The third-order valence-electron chi connectivity index (χ3n) is 8.50. The summed E-state index contributed by atoms with van der Waals surface area (Å²) < 4.78 is 7.66. The smallest absolute Gasteiger partial charge is 0.224 e. The average Bonchev–Trinajstić information content (AvgIpc) is 3.53. The summed E-state index contributed by atoms with van der Waals surface area (Å²) in [7, 11) is 1.74. The normalized spacial score (nSPS) is 17.6. The van der Waals surface area contributed by atoms with E-state index in [-0.39, 0.29) is 23.9 Å². The third kappa shape index (κ3) is 5.17. The van der Waals surface area contributed by atoms with E-state index >= 15 is 0 Å². The molecule has 2 aliphatic rings. The molecule has 0 radical (unpaired) electrons. The number of likely N-dealkylation sites (tertiary alicyclic amines) is 1. The van der Waals surface area contributed by atoms with Crippen LogP contribution in [0.3, 0.4) is 0 Å². The molecule has 7 nitrogen and oxygen atoms in total. The number of aryl methyl sites for hydroxylation is 1. The molecule has 0 spiro atoms. The molecule has 208 valence electrons. The summed E-state index contributed by atoms with van der Waals surface area (Å²) in [6.45, 7) is 3.45. The van der Waals surface area contributed by atoms with Gasteiger partial charge in [0.1, 0.15) is 5.82 Å². The van der Waals surface area contributed by atoms with Gasteiger partial charge in [0.25, 0.3) is 0 Å². The number of carbonyl (C=O) groups is 1. The lowest BCUT2D eigenvalue weighted by molar-refractivity contribution is -0.133. The van der Waals surface area contributed by atoms with Gasteiger partial charge < -0.3 is 25.3 Å². The van der Waals surface area contributed by atoms with Crippen molar-refractivity contribution in [1.82, 2.24) is 19.8 Å². The number of hydrogen-bond acceptors (Lipinski definition) is 5. The zero-order valence-corrected chi connectivity index (χ0v) is 23.3. The number of benzene rings is 3. The second kappa shape index (κ2) is 11.9. The molecule has 1 saturated heterocycles. The molecule has 7 heteroatoms. The first kappa shape index (κ1) is 26.7. The van der Waals surface area contributed by atoms with Crippen molar-refractivity contribution in [3.63, 3.8) is 0 Å². The van der Waals surface area contributed by atoms with Gasteiger partial charge in [-0.25, -0.2) is 4.98 Å². The molecule has 3 N–H and O–H groups in total. The standard InChI is InChI=1S/C33H39N5O2/c1-40-19-9-18-38-30-16-7-6-15-29(30)36-33(38)23-10-8-17-37(22-23)31(39)20-24(21-34)35-32-27-13-4-2-11-25(27)26-12-3-5-14-28(26)32/h2-7,11-16,23-24,32,35H,8-10,17-22,34H2,1H3/t23-,24+/m1/s1. The second-order valence-electron chi connectivity index (χ2n) is 11.0. The second-order valence-corrected chi connectivity index (χ2v) is 11.0. The monoisotopic (exact) mass is 537 g/mol. The number of fused-ring (bicyclic) bond motifs is 4. The number of amides is 1. The summed E-state index contributed by atoms with van der Waals surface area (Å²) in [6, 6.07) is 25.3. The summed E-state index contributed by atoms with van der Waals surface area (Å²) in [5, 5.41) is 3.75. The number of ether oxygens (including phenoxy) is 1. The number of nitrogens with two attached hydrogens (primary N) is 1. The summed E-state index contributed by atoms with van der Waals surface area (Å²) in [4.78, 5) is 20.7. The van der Waals surface area contributed by atoms with Crippen LogP contribution in [0, 0.1) is 0 Å². The molecule has 6 rings (SSSR count). The van der Waals surface area contributed by atoms with Gasteiger partial charge in [-0.3, -0.25) is 4.79 Å². The van der Waals surface area contributed by atoms with Crippen LogP contribution in [0.5, 0.6) is 0 Å². The number of aromatic nitrogens is 2. The van der Waals surface area contributed by atoms with Gasteiger partial charge in [-0.15, -0.1) is 0 Å². The van der Waals surface area contributed by atoms with Gasteiger partial charge in [0.2, 0.25) is 5.91 Å². The van der Waals surface area contributed by atoms with Crippen LogP contribution in [0.4, 0.5) is 0 Å². The molecular formula is C33H39N5O2. The van der Waals surface area contributed by atoms with Gasteiger partial charge in [0.15, 0.2) is 0 Å². The lowest BCUT2D eigenvalue weighted by Gasteiger charge is -2.34. The van der Waals surface area contributed by atoms with Crippen molar-refractivity contribution in [3.05, 3.63) is 89.7 Å². The average molecular weight is 538 g/mol. The summed E-state index contributed by atoms with van der Waals surface area (Å²) in [5.74, 6) is 1.46. The maximum absolute atomic E-state index is 13.7. The van der Waals surface area contributed by atoms with Crippen molar-refractivity contribution >= 4 is 16.9 Å². The van der Waals surface area contributed by atoms with Crippen LogP contribution in [-0.4, -0.2) is 59.8 Å². The number of nitrogens with one attached hydrogen (secondary N) is 1. The Morgan fingerprint density at radius 2 is 1.75 bits per heavy atom. The zero-order chi connectivity index (χ0) is 27.5. The van der Waals surface area contributed by atoms with Gasteiger partial charge in [-0.05, 0) is 53.6 Å². The first-order valence-electron chi connectivity index (χ1n) is 14.5. The fraction of sp³-hybridized carbons (Fsp3) is 0.394. The van der Waals surface area contributed by atoms with E-state index in [2.05, 4.69) is 76.6 Å². The van der Waals surface area contributed by atoms with Gasteiger partial charge in [0, 0.05) is 58.3 Å². The number of carbonyl (C=O) groups excluding carboxylic acids is 1. The van der Waals surface area contributed by atoms with E-state index in [1.165, 1.54) is 22.3 Å². The van der Waals surface area contributed by atoms with Crippen molar-refractivity contribution in [3.8, 4) is 11.1 Å². The predicted octanol–water partition coefficient (Wildman–Crippen LogP) is 4.86. The molecule has 40 heavy (non-hydrogen) atoms.